The van der Waals surface area contributed by atoms with Gasteiger partial charge in [0.05, 0.1) is 0 Å². The molecule has 0 aromatic heterocycles. The Morgan fingerprint density at radius 2 is 2.30 bits per heavy atom. The van der Waals surface area contributed by atoms with E-state index in [9.17, 15) is 4.79 Å². The molecule has 1 amide bonds. The van der Waals surface area contributed by atoms with Crippen molar-refractivity contribution in [1.82, 2.24) is 15.1 Å². The van der Waals surface area contributed by atoms with Crippen LogP contribution in [-0.2, 0) is 11.3 Å². The Morgan fingerprint density at radius 3 is 2.95 bits per heavy atom. The highest BCUT2D eigenvalue weighted by atomic mass is 79.9. The van der Waals surface area contributed by atoms with Crippen LogP contribution in [0.5, 0.6) is 0 Å². The van der Waals surface area contributed by atoms with Crippen molar-refractivity contribution in [1.29, 1.82) is 0 Å². The molecule has 0 saturated carbocycles. The quantitative estimate of drug-likeness (QED) is 0.895. The number of hydrogen-bond acceptors (Lipinski definition) is 3. The maximum Gasteiger partial charge on any atom is 0.240 e. The first-order valence-electron chi connectivity index (χ1n) is 6.59. The van der Waals surface area contributed by atoms with E-state index in [0.717, 1.165) is 29.7 Å². The van der Waals surface area contributed by atoms with E-state index in [4.69, 9.17) is 11.6 Å². The van der Waals surface area contributed by atoms with Crippen LogP contribution in [0.25, 0.3) is 0 Å². The number of likely N-dealkylation sites (N-methyl/N-ethyl adjacent to an activating group) is 1. The molecule has 2 rings (SSSR count). The van der Waals surface area contributed by atoms with E-state index in [-0.39, 0.29) is 11.9 Å². The number of carbonyl (C=O) groups excluding carboxylic acids is 1. The maximum atomic E-state index is 12.2. The van der Waals surface area contributed by atoms with Crippen molar-refractivity contribution < 1.29 is 4.79 Å². The van der Waals surface area contributed by atoms with Gasteiger partial charge in [0.2, 0.25) is 5.91 Å². The molecule has 1 heterocycles. The summed E-state index contributed by atoms with van der Waals surface area (Å²) in [7, 11) is 3.60. The minimum absolute atomic E-state index is 0.110. The molecule has 1 saturated heterocycles. The van der Waals surface area contributed by atoms with E-state index in [1.807, 2.05) is 18.2 Å². The zero-order valence-corrected chi connectivity index (χ0v) is 14.0. The van der Waals surface area contributed by atoms with Crippen LogP contribution in [-0.4, -0.2) is 55.5 Å². The van der Waals surface area contributed by atoms with Gasteiger partial charge in [-0.05, 0) is 17.7 Å². The molecular formula is C14H19BrClN3O. The number of carbonyl (C=O) groups is 1. The van der Waals surface area contributed by atoms with Gasteiger partial charge >= 0.3 is 0 Å². The first-order valence-corrected chi connectivity index (χ1v) is 7.76. The number of rotatable bonds is 3. The fourth-order valence-electron chi connectivity index (χ4n) is 2.35. The van der Waals surface area contributed by atoms with E-state index in [1.165, 1.54) is 0 Å². The summed E-state index contributed by atoms with van der Waals surface area (Å²) < 4.78 is 0.986. The molecule has 1 atom stereocenters. The van der Waals surface area contributed by atoms with Crippen LogP contribution in [0, 0.1) is 0 Å². The second-order valence-electron chi connectivity index (χ2n) is 5.16. The Bertz CT molecular complexity index is 495. The lowest BCUT2D eigenvalue weighted by Crippen LogP contribution is -2.57. The Hall–Kier alpha value is -0.620. The lowest BCUT2D eigenvalue weighted by atomic mass is 10.1. The summed E-state index contributed by atoms with van der Waals surface area (Å²) in [6.07, 6.45) is 0. The number of amides is 1. The van der Waals surface area contributed by atoms with Crippen molar-refractivity contribution in [2.45, 2.75) is 12.6 Å². The SMILES string of the molecule is CN(C)C(=O)C1CNCCN1Cc1ccc(Cl)cc1Br. The third kappa shape index (κ3) is 3.73. The average Bonchev–Trinajstić information content (AvgIpc) is 2.41. The molecule has 1 aliphatic rings. The molecule has 0 bridgehead atoms. The summed E-state index contributed by atoms with van der Waals surface area (Å²) in [5.74, 6) is 0.141. The number of nitrogens with zero attached hydrogens (tertiary/aromatic N) is 2. The number of halogens is 2. The van der Waals surface area contributed by atoms with Crippen LogP contribution in [0.1, 0.15) is 5.56 Å². The summed E-state index contributed by atoms with van der Waals surface area (Å²) in [5.41, 5.74) is 1.15. The topological polar surface area (TPSA) is 35.6 Å². The van der Waals surface area contributed by atoms with Gasteiger partial charge in [-0.2, -0.15) is 0 Å². The molecule has 20 heavy (non-hydrogen) atoms. The van der Waals surface area contributed by atoms with Gasteiger partial charge in [0.15, 0.2) is 0 Å². The van der Waals surface area contributed by atoms with Crippen LogP contribution in [0.2, 0.25) is 5.02 Å². The maximum absolute atomic E-state index is 12.2. The Morgan fingerprint density at radius 1 is 1.55 bits per heavy atom. The first-order chi connectivity index (χ1) is 9.49. The fourth-order valence-corrected chi connectivity index (χ4v) is 3.15. The molecule has 0 radical (unpaired) electrons. The molecule has 1 aromatic rings. The predicted octanol–water partition coefficient (Wildman–Crippen LogP) is 1.96. The van der Waals surface area contributed by atoms with E-state index in [0.29, 0.717) is 11.6 Å². The largest absolute Gasteiger partial charge is 0.347 e. The van der Waals surface area contributed by atoms with Crippen LogP contribution >= 0.6 is 27.5 Å². The summed E-state index contributed by atoms with van der Waals surface area (Å²) in [6.45, 7) is 3.20. The van der Waals surface area contributed by atoms with Crippen molar-refractivity contribution >= 4 is 33.4 Å². The van der Waals surface area contributed by atoms with Crippen molar-refractivity contribution in [2.75, 3.05) is 33.7 Å². The standard InChI is InChI=1S/C14H19BrClN3O/c1-18(2)14(20)13-8-17-5-6-19(13)9-10-3-4-11(16)7-12(10)15/h3-4,7,13,17H,5-6,8-9H2,1-2H3. The second kappa shape index (κ2) is 6.89. The third-order valence-corrected chi connectivity index (χ3v) is 4.44. The predicted molar refractivity (Wildman–Crippen MR) is 84.9 cm³/mol. The van der Waals surface area contributed by atoms with Gasteiger partial charge in [0, 0.05) is 49.8 Å². The highest BCUT2D eigenvalue weighted by Crippen LogP contribution is 2.24. The summed E-state index contributed by atoms with van der Waals surface area (Å²) >= 11 is 9.50. The zero-order valence-electron chi connectivity index (χ0n) is 11.7. The molecule has 1 fully saturated rings. The van der Waals surface area contributed by atoms with Crippen LogP contribution in [0.3, 0.4) is 0 Å². The highest BCUT2D eigenvalue weighted by molar-refractivity contribution is 9.10. The molecule has 1 unspecified atom stereocenters. The van der Waals surface area contributed by atoms with E-state index >= 15 is 0 Å². The van der Waals surface area contributed by atoms with Gasteiger partial charge in [0.25, 0.3) is 0 Å². The van der Waals surface area contributed by atoms with Gasteiger partial charge in [-0.1, -0.05) is 33.6 Å². The first kappa shape index (κ1) is 15.8. The molecule has 0 spiro atoms. The van der Waals surface area contributed by atoms with Crippen molar-refractivity contribution in [3.05, 3.63) is 33.3 Å². The van der Waals surface area contributed by atoms with Gasteiger partial charge in [-0.15, -0.1) is 0 Å². The van der Waals surface area contributed by atoms with E-state index in [2.05, 4.69) is 26.1 Å². The van der Waals surface area contributed by atoms with Crippen molar-refractivity contribution in [3.8, 4) is 0 Å². The number of hydrogen-bond donors (Lipinski definition) is 1. The Balaban J connectivity index is 2.14. The molecular weight excluding hydrogens is 342 g/mol. The molecule has 1 aromatic carbocycles. The summed E-state index contributed by atoms with van der Waals surface area (Å²) in [6, 6.07) is 5.67. The van der Waals surface area contributed by atoms with Crippen LogP contribution in [0.4, 0.5) is 0 Å². The fraction of sp³-hybridized carbons (Fsp3) is 0.500. The second-order valence-corrected chi connectivity index (χ2v) is 6.45. The number of piperazine rings is 1. The van der Waals surface area contributed by atoms with Crippen LogP contribution in [0.15, 0.2) is 22.7 Å². The third-order valence-electron chi connectivity index (χ3n) is 3.47. The molecule has 1 aliphatic heterocycles. The zero-order chi connectivity index (χ0) is 14.7. The van der Waals surface area contributed by atoms with Crippen molar-refractivity contribution in [2.24, 2.45) is 0 Å². The van der Waals surface area contributed by atoms with Crippen molar-refractivity contribution in [3.63, 3.8) is 0 Å². The molecule has 1 N–H and O–H groups in total. The number of benzene rings is 1. The molecule has 6 heteroatoms. The highest BCUT2D eigenvalue weighted by Gasteiger charge is 2.29. The Kier molecular flexibility index (Phi) is 5.43. The molecule has 110 valence electrons. The molecule has 4 nitrogen and oxygen atoms in total. The summed E-state index contributed by atoms with van der Waals surface area (Å²) in [4.78, 5) is 16.1. The minimum Gasteiger partial charge on any atom is -0.347 e. The normalized spacial score (nSPS) is 19.9. The average molecular weight is 361 g/mol. The Labute approximate surface area is 133 Å². The van der Waals surface area contributed by atoms with Gasteiger partial charge in [-0.25, -0.2) is 0 Å². The summed E-state index contributed by atoms with van der Waals surface area (Å²) in [5, 5.41) is 4.00. The van der Waals surface area contributed by atoms with E-state index < -0.39 is 0 Å². The van der Waals surface area contributed by atoms with E-state index in [1.54, 1.807) is 19.0 Å². The lowest BCUT2D eigenvalue weighted by Gasteiger charge is -2.36. The molecule has 0 aliphatic carbocycles. The van der Waals surface area contributed by atoms with Gasteiger partial charge in [-0.3, -0.25) is 9.69 Å². The van der Waals surface area contributed by atoms with Gasteiger partial charge in [0.1, 0.15) is 6.04 Å². The lowest BCUT2D eigenvalue weighted by molar-refractivity contribution is -0.135. The minimum atomic E-state index is -0.110. The number of nitrogens with one attached hydrogen (secondary N) is 1. The van der Waals surface area contributed by atoms with Crippen LogP contribution < -0.4 is 5.32 Å². The van der Waals surface area contributed by atoms with Gasteiger partial charge < -0.3 is 10.2 Å². The smallest absolute Gasteiger partial charge is 0.240 e. The monoisotopic (exact) mass is 359 g/mol.